The molecule has 4 aromatic heterocycles. The van der Waals surface area contributed by atoms with Gasteiger partial charge in [0.25, 0.3) is 0 Å². The fourth-order valence-electron chi connectivity index (χ4n) is 2.82. The summed E-state index contributed by atoms with van der Waals surface area (Å²) in [6, 6.07) is 9.60. The van der Waals surface area contributed by atoms with E-state index in [-0.39, 0.29) is 0 Å². The molecule has 7 heteroatoms. The Hall–Kier alpha value is -3.48. The Kier molecular flexibility index (Phi) is 4.42. The van der Waals surface area contributed by atoms with Gasteiger partial charge in [0.05, 0.1) is 23.5 Å². The predicted molar refractivity (Wildman–Crippen MR) is 101 cm³/mol. The number of aryl methyl sites for hydroxylation is 3. The van der Waals surface area contributed by atoms with Crippen molar-refractivity contribution in [2.75, 3.05) is 5.32 Å². The first-order valence-electron chi connectivity index (χ1n) is 8.62. The highest BCUT2D eigenvalue weighted by atomic mass is 16.5. The molecular weight excluding hydrogens is 342 g/mol. The topological polar surface area (TPSA) is 89.9 Å². The van der Waals surface area contributed by atoms with Crippen molar-refractivity contribution in [2.45, 2.75) is 27.3 Å². The maximum Gasteiger partial charge on any atom is 0.223 e. The highest BCUT2D eigenvalue weighted by Gasteiger charge is 2.17. The van der Waals surface area contributed by atoms with Gasteiger partial charge in [0.1, 0.15) is 11.5 Å². The second-order valence-electron chi connectivity index (χ2n) is 6.29. The van der Waals surface area contributed by atoms with Crippen molar-refractivity contribution in [2.24, 2.45) is 0 Å². The number of aromatic nitrogens is 4. The van der Waals surface area contributed by atoms with Crippen molar-refractivity contribution in [3.05, 3.63) is 65.6 Å². The van der Waals surface area contributed by atoms with Crippen LogP contribution in [0.1, 0.15) is 22.9 Å². The average molecular weight is 361 g/mol. The lowest BCUT2D eigenvalue weighted by molar-refractivity contribution is 0.427. The van der Waals surface area contributed by atoms with Gasteiger partial charge in [-0.2, -0.15) is 0 Å². The number of pyridine rings is 1. The molecule has 0 saturated heterocycles. The van der Waals surface area contributed by atoms with Crippen molar-refractivity contribution < 1.29 is 8.94 Å². The molecule has 0 radical (unpaired) electrons. The molecule has 0 aliphatic carbocycles. The number of nitrogens with zero attached hydrogens (tertiary/aromatic N) is 4. The van der Waals surface area contributed by atoms with E-state index in [0.717, 1.165) is 39.7 Å². The van der Waals surface area contributed by atoms with Crippen molar-refractivity contribution in [3.63, 3.8) is 0 Å². The second kappa shape index (κ2) is 7.03. The van der Waals surface area contributed by atoms with Crippen LogP contribution in [0.5, 0.6) is 0 Å². The van der Waals surface area contributed by atoms with Crippen LogP contribution in [-0.2, 0) is 6.54 Å². The monoisotopic (exact) mass is 361 g/mol. The summed E-state index contributed by atoms with van der Waals surface area (Å²) in [5.74, 6) is 2.82. The Labute approximate surface area is 156 Å². The minimum Gasteiger partial charge on any atom is -0.465 e. The van der Waals surface area contributed by atoms with Gasteiger partial charge in [0.15, 0.2) is 5.76 Å². The SMILES string of the molecule is Cc1cc(-c2cnc(NCc3ccc(C)o3)nc2-c2cccnc2C)on1. The van der Waals surface area contributed by atoms with Crippen LogP contribution in [0, 0.1) is 20.8 Å². The summed E-state index contributed by atoms with van der Waals surface area (Å²) in [7, 11) is 0. The Balaban J connectivity index is 1.73. The van der Waals surface area contributed by atoms with Crippen LogP contribution in [0.4, 0.5) is 5.95 Å². The van der Waals surface area contributed by atoms with E-state index in [1.807, 2.05) is 51.1 Å². The molecule has 27 heavy (non-hydrogen) atoms. The number of rotatable bonds is 5. The zero-order chi connectivity index (χ0) is 18.8. The number of anilines is 1. The molecular formula is C20H19N5O2. The van der Waals surface area contributed by atoms with E-state index in [1.165, 1.54) is 0 Å². The second-order valence-corrected chi connectivity index (χ2v) is 6.29. The number of nitrogens with one attached hydrogen (secondary N) is 1. The first kappa shape index (κ1) is 17.0. The first-order valence-corrected chi connectivity index (χ1v) is 8.62. The third kappa shape index (κ3) is 3.57. The molecule has 0 saturated carbocycles. The Morgan fingerprint density at radius 3 is 2.63 bits per heavy atom. The third-order valence-corrected chi connectivity index (χ3v) is 4.16. The highest BCUT2D eigenvalue weighted by molar-refractivity contribution is 5.79. The molecule has 0 unspecified atom stereocenters. The van der Waals surface area contributed by atoms with Gasteiger partial charge in [-0.3, -0.25) is 4.98 Å². The fourth-order valence-corrected chi connectivity index (χ4v) is 2.82. The number of hydrogen-bond donors (Lipinski definition) is 1. The van der Waals surface area contributed by atoms with Gasteiger partial charge in [-0.15, -0.1) is 0 Å². The normalized spacial score (nSPS) is 10.9. The summed E-state index contributed by atoms with van der Waals surface area (Å²) in [6.07, 6.45) is 3.50. The van der Waals surface area contributed by atoms with E-state index in [2.05, 4.69) is 20.4 Å². The van der Waals surface area contributed by atoms with Gasteiger partial charge in [0, 0.05) is 29.7 Å². The molecule has 0 fully saturated rings. The zero-order valence-electron chi connectivity index (χ0n) is 15.4. The van der Waals surface area contributed by atoms with Crippen molar-refractivity contribution in [1.82, 2.24) is 20.1 Å². The van der Waals surface area contributed by atoms with Crippen molar-refractivity contribution in [3.8, 4) is 22.6 Å². The quantitative estimate of drug-likeness (QED) is 0.566. The summed E-state index contributed by atoms with van der Waals surface area (Å²) < 4.78 is 11.0. The first-order chi connectivity index (χ1) is 13.1. The van der Waals surface area contributed by atoms with E-state index in [1.54, 1.807) is 12.4 Å². The molecule has 0 aromatic carbocycles. The van der Waals surface area contributed by atoms with Gasteiger partial charge in [-0.05, 0) is 45.0 Å². The van der Waals surface area contributed by atoms with Gasteiger partial charge < -0.3 is 14.3 Å². The molecule has 7 nitrogen and oxygen atoms in total. The van der Waals surface area contributed by atoms with E-state index in [4.69, 9.17) is 13.9 Å². The van der Waals surface area contributed by atoms with E-state index >= 15 is 0 Å². The molecule has 0 atom stereocenters. The molecule has 0 aliphatic heterocycles. The Morgan fingerprint density at radius 1 is 1.04 bits per heavy atom. The van der Waals surface area contributed by atoms with E-state index < -0.39 is 0 Å². The van der Waals surface area contributed by atoms with Gasteiger partial charge in [-0.1, -0.05) is 5.16 Å². The van der Waals surface area contributed by atoms with Gasteiger partial charge >= 0.3 is 0 Å². The van der Waals surface area contributed by atoms with Crippen molar-refractivity contribution in [1.29, 1.82) is 0 Å². The summed E-state index contributed by atoms with van der Waals surface area (Å²) in [4.78, 5) is 13.5. The van der Waals surface area contributed by atoms with E-state index in [9.17, 15) is 0 Å². The van der Waals surface area contributed by atoms with Crippen LogP contribution in [0.15, 0.2) is 51.7 Å². The summed E-state index contributed by atoms with van der Waals surface area (Å²) >= 11 is 0. The number of furan rings is 1. The van der Waals surface area contributed by atoms with Crippen LogP contribution in [0.25, 0.3) is 22.6 Å². The van der Waals surface area contributed by atoms with E-state index in [0.29, 0.717) is 18.3 Å². The standard InChI is InChI=1S/C20H19N5O2/c1-12-9-18(27-25-12)17-11-23-20(22-10-15-7-6-13(2)26-15)24-19(17)16-5-4-8-21-14(16)3/h4-9,11H,10H2,1-3H3,(H,22,23,24). The molecule has 0 spiro atoms. The average Bonchev–Trinajstić information content (AvgIpc) is 3.28. The predicted octanol–water partition coefficient (Wildman–Crippen LogP) is 4.32. The largest absolute Gasteiger partial charge is 0.465 e. The van der Waals surface area contributed by atoms with Crippen molar-refractivity contribution >= 4 is 5.95 Å². The Morgan fingerprint density at radius 2 is 1.93 bits per heavy atom. The van der Waals surface area contributed by atoms with Gasteiger partial charge in [-0.25, -0.2) is 9.97 Å². The third-order valence-electron chi connectivity index (χ3n) is 4.16. The highest BCUT2D eigenvalue weighted by Crippen LogP contribution is 2.32. The summed E-state index contributed by atoms with van der Waals surface area (Å²) in [6.45, 7) is 6.24. The van der Waals surface area contributed by atoms with Crippen LogP contribution >= 0.6 is 0 Å². The smallest absolute Gasteiger partial charge is 0.223 e. The molecule has 4 rings (SSSR count). The van der Waals surface area contributed by atoms with Crippen LogP contribution < -0.4 is 5.32 Å². The molecule has 4 heterocycles. The van der Waals surface area contributed by atoms with Crippen LogP contribution in [0.2, 0.25) is 0 Å². The minimum atomic E-state index is 0.500. The molecule has 1 N–H and O–H groups in total. The number of hydrogen-bond acceptors (Lipinski definition) is 7. The lowest BCUT2D eigenvalue weighted by atomic mass is 10.0. The maximum atomic E-state index is 5.58. The van der Waals surface area contributed by atoms with Crippen LogP contribution in [0.3, 0.4) is 0 Å². The maximum absolute atomic E-state index is 5.58. The fraction of sp³-hybridized carbons (Fsp3) is 0.200. The minimum absolute atomic E-state index is 0.500. The summed E-state index contributed by atoms with van der Waals surface area (Å²) in [5.41, 5.74) is 4.10. The summed E-state index contributed by atoms with van der Waals surface area (Å²) in [5, 5.41) is 7.18. The zero-order valence-corrected chi connectivity index (χ0v) is 15.4. The Bertz CT molecular complexity index is 1080. The van der Waals surface area contributed by atoms with Gasteiger partial charge in [0.2, 0.25) is 5.95 Å². The molecule has 136 valence electrons. The molecule has 0 bridgehead atoms. The van der Waals surface area contributed by atoms with Crippen LogP contribution in [-0.4, -0.2) is 20.1 Å². The molecule has 0 amide bonds. The molecule has 0 aliphatic rings. The lowest BCUT2D eigenvalue weighted by Crippen LogP contribution is -2.05. The lowest BCUT2D eigenvalue weighted by Gasteiger charge is -2.11. The molecule has 4 aromatic rings.